The Morgan fingerprint density at radius 3 is 3.06 bits per heavy atom. The zero-order chi connectivity index (χ0) is 11.7. The smallest absolute Gasteiger partial charge is 0.231 e. The average Bonchev–Trinajstić information content (AvgIpc) is 2.85. The van der Waals surface area contributed by atoms with E-state index in [9.17, 15) is 0 Å². The van der Waals surface area contributed by atoms with Crippen LogP contribution in [-0.2, 0) is 0 Å². The third kappa shape index (κ3) is 1.91. The molecule has 0 radical (unpaired) electrons. The molecule has 0 saturated heterocycles. The first-order valence-electron chi connectivity index (χ1n) is 5.43. The minimum Gasteiger partial charge on any atom is -0.454 e. The van der Waals surface area contributed by atoms with Gasteiger partial charge in [-0.1, -0.05) is 0 Å². The summed E-state index contributed by atoms with van der Waals surface area (Å²) in [5.41, 5.74) is 2.00. The van der Waals surface area contributed by atoms with E-state index in [4.69, 9.17) is 9.47 Å². The third-order valence-electron chi connectivity index (χ3n) is 2.65. The number of aliphatic imine (C=N–C) groups is 2. The molecule has 2 heterocycles. The molecule has 0 amide bonds. The van der Waals surface area contributed by atoms with E-state index in [2.05, 4.69) is 9.98 Å². The van der Waals surface area contributed by atoms with Gasteiger partial charge in [-0.3, -0.25) is 9.98 Å². The van der Waals surface area contributed by atoms with Crippen molar-refractivity contribution in [2.75, 3.05) is 26.1 Å². The van der Waals surface area contributed by atoms with E-state index >= 15 is 0 Å². The molecule has 0 aliphatic carbocycles. The predicted octanol–water partition coefficient (Wildman–Crippen LogP) is 1.98. The molecule has 3 rings (SSSR count). The third-order valence-corrected chi connectivity index (χ3v) is 3.69. The second kappa shape index (κ2) is 4.41. The zero-order valence-electron chi connectivity index (χ0n) is 9.47. The molecule has 2 aliphatic rings. The van der Waals surface area contributed by atoms with Crippen LogP contribution in [0.3, 0.4) is 0 Å². The van der Waals surface area contributed by atoms with Crippen LogP contribution in [0, 0.1) is 0 Å². The fourth-order valence-corrected chi connectivity index (χ4v) is 2.69. The summed E-state index contributed by atoms with van der Waals surface area (Å²) in [5, 5.41) is 0.995. The molecule has 0 saturated carbocycles. The molecular formula is C12H12N2O2S. The van der Waals surface area contributed by atoms with Crippen LogP contribution in [0.1, 0.15) is 5.56 Å². The van der Waals surface area contributed by atoms with Crippen LogP contribution >= 0.6 is 11.8 Å². The van der Waals surface area contributed by atoms with Crippen LogP contribution in [0.4, 0.5) is 0 Å². The van der Waals surface area contributed by atoms with Crippen LogP contribution in [-0.4, -0.2) is 36.9 Å². The quantitative estimate of drug-likeness (QED) is 0.763. The molecule has 17 heavy (non-hydrogen) atoms. The van der Waals surface area contributed by atoms with Crippen molar-refractivity contribution < 1.29 is 9.47 Å². The zero-order valence-corrected chi connectivity index (χ0v) is 10.3. The molecule has 0 fully saturated rings. The first-order chi connectivity index (χ1) is 8.38. The molecule has 5 heteroatoms. The van der Waals surface area contributed by atoms with Crippen LogP contribution in [0.25, 0.3) is 0 Å². The minimum absolute atomic E-state index is 0.300. The van der Waals surface area contributed by atoms with Gasteiger partial charge in [0.05, 0.1) is 5.71 Å². The molecule has 0 bridgehead atoms. The van der Waals surface area contributed by atoms with Gasteiger partial charge in [-0.2, -0.15) is 0 Å². The van der Waals surface area contributed by atoms with Crippen LogP contribution in [0.2, 0.25) is 0 Å². The summed E-state index contributed by atoms with van der Waals surface area (Å²) >= 11 is 1.75. The van der Waals surface area contributed by atoms with Crippen molar-refractivity contribution in [2.24, 2.45) is 9.98 Å². The normalized spacial score (nSPS) is 20.5. The van der Waals surface area contributed by atoms with Gasteiger partial charge in [0.15, 0.2) is 11.5 Å². The van der Waals surface area contributed by atoms with Gasteiger partial charge < -0.3 is 9.47 Å². The number of hydrogen-bond donors (Lipinski definition) is 0. The fourth-order valence-electron chi connectivity index (χ4n) is 1.86. The standard InChI is InChI=1S/C12H12N2O2S/c1-13-12-11(14-4-5-17-12)8-2-3-9-10(6-8)16-7-15-9/h2-3,6H,4-5,7H2,1H3. The monoisotopic (exact) mass is 248 g/mol. The number of nitrogens with zero attached hydrogens (tertiary/aromatic N) is 2. The van der Waals surface area contributed by atoms with Gasteiger partial charge >= 0.3 is 0 Å². The number of fused-ring (bicyclic) bond motifs is 1. The Labute approximate surface area is 104 Å². The van der Waals surface area contributed by atoms with E-state index < -0.39 is 0 Å². The van der Waals surface area contributed by atoms with E-state index in [1.54, 1.807) is 18.8 Å². The summed E-state index contributed by atoms with van der Waals surface area (Å²) in [4.78, 5) is 8.82. The van der Waals surface area contributed by atoms with Crippen LogP contribution in [0.5, 0.6) is 11.5 Å². The average molecular weight is 248 g/mol. The van der Waals surface area contributed by atoms with Gasteiger partial charge in [0.1, 0.15) is 5.04 Å². The van der Waals surface area contributed by atoms with Crippen molar-refractivity contribution in [2.45, 2.75) is 0 Å². The Bertz CT molecular complexity index is 511. The van der Waals surface area contributed by atoms with E-state index in [0.717, 1.165) is 40.1 Å². The highest BCUT2D eigenvalue weighted by Crippen LogP contribution is 2.33. The summed E-state index contributed by atoms with van der Waals surface area (Å²) in [6.45, 7) is 1.14. The summed E-state index contributed by atoms with van der Waals surface area (Å²) in [6.07, 6.45) is 0. The lowest BCUT2D eigenvalue weighted by Gasteiger charge is -2.14. The van der Waals surface area contributed by atoms with Gasteiger partial charge in [0.2, 0.25) is 6.79 Å². The number of thioether (sulfide) groups is 1. The Balaban J connectivity index is 2.01. The second-order valence-corrected chi connectivity index (χ2v) is 4.76. The molecule has 0 spiro atoms. The highest BCUT2D eigenvalue weighted by molar-refractivity contribution is 8.15. The van der Waals surface area contributed by atoms with E-state index in [0.29, 0.717) is 6.79 Å². The summed E-state index contributed by atoms with van der Waals surface area (Å²) in [5.74, 6) is 2.59. The first-order valence-corrected chi connectivity index (χ1v) is 6.41. The molecule has 1 aromatic rings. The predicted molar refractivity (Wildman–Crippen MR) is 69.8 cm³/mol. The Kier molecular flexibility index (Phi) is 2.76. The lowest BCUT2D eigenvalue weighted by atomic mass is 10.1. The summed E-state index contributed by atoms with van der Waals surface area (Å²) in [7, 11) is 1.80. The van der Waals surface area contributed by atoms with Crippen molar-refractivity contribution in [3.63, 3.8) is 0 Å². The number of benzene rings is 1. The highest BCUT2D eigenvalue weighted by atomic mass is 32.2. The van der Waals surface area contributed by atoms with Crippen molar-refractivity contribution in [3.8, 4) is 11.5 Å². The molecular weight excluding hydrogens is 236 g/mol. The van der Waals surface area contributed by atoms with E-state index in [1.165, 1.54) is 0 Å². The largest absolute Gasteiger partial charge is 0.454 e. The Hall–Kier alpha value is -1.49. The molecule has 0 N–H and O–H groups in total. The van der Waals surface area contributed by atoms with Crippen molar-refractivity contribution in [1.82, 2.24) is 0 Å². The SMILES string of the molecule is CN=C1SCCN=C1c1ccc2c(c1)OCO2. The maximum Gasteiger partial charge on any atom is 0.231 e. The van der Waals surface area contributed by atoms with Crippen LogP contribution in [0.15, 0.2) is 28.2 Å². The summed E-state index contributed by atoms with van der Waals surface area (Å²) < 4.78 is 10.7. The maximum absolute atomic E-state index is 5.37. The Morgan fingerprint density at radius 1 is 1.29 bits per heavy atom. The lowest BCUT2D eigenvalue weighted by Crippen LogP contribution is -2.18. The molecule has 1 aromatic carbocycles. The Morgan fingerprint density at radius 2 is 2.18 bits per heavy atom. The molecule has 0 aromatic heterocycles. The topological polar surface area (TPSA) is 43.2 Å². The highest BCUT2D eigenvalue weighted by Gasteiger charge is 2.19. The van der Waals surface area contributed by atoms with Crippen molar-refractivity contribution in [3.05, 3.63) is 23.8 Å². The summed E-state index contributed by atoms with van der Waals surface area (Å²) in [6, 6.07) is 5.90. The number of hydrogen-bond acceptors (Lipinski definition) is 5. The van der Waals surface area contributed by atoms with Gasteiger partial charge in [0.25, 0.3) is 0 Å². The fraction of sp³-hybridized carbons (Fsp3) is 0.333. The van der Waals surface area contributed by atoms with E-state index in [-0.39, 0.29) is 0 Å². The number of ether oxygens (including phenoxy) is 2. The van der Waals surface area contributed by atoms with Gasteiger partial charge in [-0.15, -0.1) is 11.8 Å². The molecule has 0 atom stereocenters. The van der Waals surface area contributed by atoms with Crippen molar-refractivity contribution in [1.29, 1.82) is 0 Å². The maximum atomic E-state index is 5.37. The molecule has 4 nitrogen and oxygen atoms in total. The minimum atomic E-state index is 0.300. The molecule has 2 aliphatic heterocycles. The number of rotatable bonds is 1. The van der Waals surface area contributed by atoms with Gasteiger partial charge in [-0.25, -0.2) is 0 Å². The molecule has 0 unspecified atom stereocenters. The van der Waals surface area contributed by atoms with E-state index in [1.807, 2.05) is 18.2 Å². The second-order valence-electron chi connectivity index (χ2n) is 3.68. The van der Waals surface area contributed by atoms with Gasteiger partial charge in [-0.05, 0) is 18.2 Å². The first kappa shape index (κ1) is 10.7. The molecule has 88 valence electrons. The van der Waals surface area contributed by atoms with Crippen LogP contribution < -0.4 is 9.47 Å². The lowest BCUT2D eigenvalue weighted by molar-refractivity contribution is 0.174. The van der Waals surface area contributed by atoms with Gasteiger partial charge in [0, 0.05) is 24.9 Å². The van der Waals surface area contributed by atoms with Crippen molar-refractivity contribution >= 4 is 22.5 Å².